The van der Waals surface area contributed by atoms with E-state index in [0.29, 0.717) is 0 Å². The minimum Gasteiger partial charge on any atom is -0.598 e. The fraction of sp³-hybridized carbons (Fsp3) is 0.500. The summed E-state index contributed by atoms with van der Waals surface area (Å²) in [6.45, 7) is 6.21. The van der Waals surface area contributed by atoms with Gasteiger partial charge in [-0.3, -0.25) is 0 Å². The molecule has 1 aliphatic carbocycles. The molecule has 0 bridgehead atoms. The highest BCUT2D eigenvalue weighted by Gasteiger charge is 2.54. The van der Waals surface area contributed by atoms with E-state index in [4.69, 9.17) is 4.74 Å². The largest absolute Gasteiger partial charge is 0.598 e. The van der Waals surface area contributed by atoms with Gasteiger partial charge >= 0.3 is 0 Å². The van der Waals surface area contributed by atoms with Gasteiger partial charge in [0.2, 0.25) is 0 Å². The van der Waals surface area contributed by atoms with E-state index in [9.17, 15) is 5.21 Å². The fourth-order valence-electron chi connectivity index (χ4n) is 3.77. The number of hydrogen-bond acceptors (Lipinski definition) is 3. The molecule has 1 fully saturated rings. The van der Waals surface area contributed by atoms with E-state index in [0.717, 1.165) is 37.9 Å². The number of allylic oxidation sites excluding steroid dienone is 2. The predicted molar refractivity (Wildman–Crippen MR) is 96.4 cm³/mol. The van der Waals surface area contributed by atoms with Crippen LogP contribution in [0.1, 0.15) is 52.9 Å². The molecule has 1 saturated carbocycles. The molecule has 1 heterocycles. The Morgan fingerprint density at radius 2 is 1.71 bits per heavy atom. The van der Waals surface area contributed by atoms with Crippen molar-refractivity contribution in [2.75, 3.05) is 0 Å². The standard InChI is InChI=1S/C20H28N2O2/c1-19(2,3)21-16-10-11-17-22(21,23)20(14-8-5-9-15-20)24-18-12-6-4-7-13-18/h4,6-7,10-13,16-17H,5,8-9,14-15H2,1-3H3. The first-order valence-corrected chi connectivity index (χ1v) is 8.87. The lowest BCUT2D eigenvalue weighted by Gasteiger charge is -2.61. The zero-order chi connectivity index (χ0) is 17.3. The Morgan fingerprint density at radius 1 is 1.04 bits per heavy atom. The fourth-order valence-corrected chi connectivity index (χ4v) is 3.77. The molecule has 0 N–H and O–H groups in total. The lowest BCUT2D eigenvalue weighted by atomic mass is 9.90. The number of para-hydroxylation sites is 1. The van der Waals surface area contributed by atoms with Gasteiger partial charge < -0.3 is 9.94 Å². The molecule has 0 radical (unpaired) electrons. The van der Waals surface area contributed by atoms with Crippen LogP contribution in [-0.4, -0.2) is 21.0 Å². The number of nitrogens with zero attached hydrogens (tertiary/aromatic N) is 2. The summed E-state index contributed by atoms with van der Waals surface area (Å²) in [5.74, 6) is 0.768. The van der Waals surface area contributed by atoms with E-state index in [1.54, 1.807) is 6.20 Å². The molecule has 0 spiro atoms. The molecule has 4 nitrogen and oxygen atoms in total. The van der Waals surface area contributed by atoms with E-state index in [-0.39, 0.29) is 5.54 Å². The van der Waals surface area contributed by atoms with Gasteiger partial charge in [0.15, 0.2) is 0 Å². The second kappa shape index (κ2) is 6.26. The summed E-state index contributed by atoms with van der Waals surface area (Å²) in [5.41, 5.74) is -1.11. The zero-order valence-corrected chi connectivity index (χ0v) is 14.9. The number of hydroxylamine groups is 2. The quantitative estimate of drug-likeness (QED) is 0.572. The van der Waals surface area contributed by atoms with Crippen molar-refractivity contribution in [1.29, 1.82) is 0 Å². The lowest BCUT2D eigenvalue weighted by Crippen LogP contribution is -2.71. The van der Waals surface area contributed by atoms with Crippen LogP contribution in [0.25, 0.3) is 0 Å². The third-order valence-electron chi connectivity index (χ3n) is 4.90. The molecule has 24 heavy (non-hydrogen) atoms. The number of benzene rings is 1. The normalized spacial score (nSPS) is 26.4. The van der Waals surface area contributed by atoms with Crippen molar-refractivity contribution in [3.05, 3.63) is 60.1 Å². The Labute approximate surface area is 145 Å². The third-order valence-corrected chi connectivity index (χ3v) is 4.90. The summed E-state index contributed by atoms with van der Waals surface area (Å²) in [4.78, 5) is 0. The van der Waals surface area contributed by atoms with Crippen molar-refractivity contribution in [2.24, 2.45) is 0 Å². The summed E-state index contributed by atoms with van der Waals surface area (Å²) in [6, 6.07) is 9.75. The molecule has 3 rings (SSSR count). The molecule has 1 aliphatic heterocycles. The molecule has 4 heteroatoms. The molecule has 1 atom stereocenters. The Kier molecular flexibility index (Phi) is 4.45. The SMILES string of the molecule is CC(C)(C)N1C=CC=C[N+]1([O-])C1(Oc2ccccc2)CCCCC1. The van der Waals surface area contributed by atoms with Crippen molar-refractivity contribution in [3.63, 3.8) is 0 Å². The second-order valence-electron chi connectivity index (χ2n) is 7.74. The van der Waals surface area contributed by atoms with Gasteiger partial charge in [-0.2, -0.15) is 4.76 Å². The van der Waals surface area contributed by atoms with Crippen molar-refractivity contribution in [3.8, 4) is 5.75 Å². The molecule has 1 unspecified atom stereocenters. The topological polar surface area (TPSA) is 35.5 Å². The minimum absolute atomic E-state index is 0.298. The summed E-state index contributed by atoms with van der Waals surface area (Å²) < 4.78 is 5.86. The monoisotopic (exact) mass is 328 g/mol. The Bertz CT molecular complexity index is 612. The molecule has 1 aromatic rings. The van der Waals surface area contributed by atoms with Crippen molar-refractivity contribution in [2.45, 2.75) is 64.1 Å². The maximum absolute atomic E-state index is 14.2. The highest BCUT2D eigenvalue weighted by molar-refractivity contribution is 5.22. The van der Waals surface area contributed by atoms with Gasteiger partial charge in [0.1, 0.15) is 11.9 Å². The molecule has 0 saturated heterocycles. The van der Waals surface area contributed by atoms with Crippen molar-refractivity contribution >= 4 is 0 Å². The molecular formula is C20H28N2O2. The number of ether oxygens (including phenoxy) is 1. The van der Waals surface area contributed by atoms with Crippen LogP contribution in [0.5, 0.6) is 5.75 Å². The summed E-state index contributed by atoms with van der Waals surface area (Å²) >= 11 is 0. The molecule has 1 aromatic carbocycles. The first-order chi connectivity index (χ1) is 11.4. The van der Waals surface area contributed by atoms with Crippen LogP contribution < -0.4 is 4.74 Å². The van der Waals surface area contributed by atoms with Crippen LogP contribution in [0.3, 0.4) is 0 Å². The number of rotatable bonds is 3. The highest BCUT2D eigenvalue weighted by atomic mass is 16.7. The molecule has 2 aliphatic rings. The summed E-state index contributed by atoms with van der Waals surface area (Å²) in [5, 5.41) is 16.1. The van der Waals surface area contributed by atoms with Gasteiger partial charge in [-0.1, -0.05) is 24.6 Å². The maximum Gasteiger partial charge on any atom is 0.269 e. The van der Waals surface area contributed by atoms with Gasteiger partial charge in [0.05, 0.1) is 11.7 Å². The van der Waals surface area contributed by atoms with Crippen molar-refractivity contribution in [1.82, 2.24) is 5.01 Å². The maximum atomic E-state index is 14.2. The molecule has 0 amide bonds. The van der Waals surface area contributed by atoms with Gasteiger partial charge in [0.25, 0.3) is 5.72 Å². The van der Waals surface area contributed by atoms with Gasteiger partial charge in [-0.05, 0) is 57.9 Å². The van der Waals surface area contributed by atoms with E-state index in [1.165, 1.54) is 0 Å². The van der Waals surface area contributed by atoms with Crippen LogP contribution in [-0.2, 0) is 0 Å². The third kappa shape index (κ3) is 2.96. The van der Waals surface area contributed by atoms with Gasteiger partial charge in [0, 0.05) is 12.8 Å². The summed E-state index contributed by atoms with van der Waals surface area (Å²) in [6.07, 6.45) is 12.1. The molecular weight excluding hydrogens is 300 g/mol. The Morgan fingerprint density at radius 3 is 2.33 bits per heavy atom. The van der Waals surface area contributed by atoms with Gasteiger partial charge in [-0.15, -0.1) is 0 Å². The highest BCUT2D eigenvalue weighted by Crippen LogP contribution is 2.45. The molecule has 0 aromatic heterocycles. The summed E-state index contributed by atoms with van der Waals surface area (Å²) in [7, 11) is 0. The van der Waals surface area contributed by atoms with E-state index in [1.807, 2.05) is 53.7 Å². The van der Waals surface area contributed by atoms with Crippen LogP contribution >= 0.6 is 0 Å². The van der Waals surface area contributed by atoms with Crippen LogP contribution in [0.15, 0.2) is 54.9 Å². The average Bonchev–Trinajstić information content (AvgIpc) is 2.56. The number of hydrogen-bond donors (Lipinski definition) is 0. The minimum atomic E-state index is -0.811. The van der Waals surface area contributed by atoms with E-state index < -0.39 is 10.5 Å². The van der Waals surface area contributed by atoms with Gasteiger partial charge in [-0.25, -0.2) is 5.01 Å². The average molecular weight is 328 g/mol. The smallest absolute Gasteiger partial charge is 0.269 e. The molecule has 130 valence electrons. The number of quaternary nitrogens is 1. The van der Waals surface area contributed by atoms with Crippen LogP contribution in [0, 0.1) is 5.21 Å². The van der Waals surface area contributed by atoms with E-state index >= 15 is 0 Å². The first kappa shape index (κ1) is 17.1. The lowest BCUT2D eigenvalue weighted by molar-refractivity contribution is -1.02. The first-order valence-electron chi connectivity index (χ1n) is 8.87. The Hall–Kier alpha value is -1.78. The van der Waals surface area contributed by atoms with Crippen molar-refractivity contribution < 1.29 is 9.49 Å². The Balaban J connectivity index is 2.04. The second-order valence-corrected chi connectivity index (χ2v) is 7.74. The van der Waals surface area contributed by atoms with E-state index in [2.05, 4.69) is 20.8 Å². The predicted octanol–water partition coefficient (Wildman–Crippen LogP) is 5.10. The van der Waals surface area contributed by atoms with Crippen LogP contribution in [0.4, 0.5) is 0 Å². The van der Waals surface area contributed by atoms with Crippen LogP contribution in [0.2, 0.25) is 0 Å². The zero-order valence-electron chi connectivity index (χ0n) is 14.9.